The first kappa shape index (κ1) is 15.2. The lowest BCUT2D eigenvalue weighted by Gasteiger charge is -2.11. The molecule has 0 aliphatic heterocycles. The summed E-state index contributed by atoms with van der Waals surface area (Å²) in [6, 6.07) is 7.78. The molecule has 0 saturated carbocycles. The number of nitrogens with one attached hydrogen (secondary N) is 1. The summed E-state index contributed by atoms with van der Waals surface area (Å²) in [7, 11) is 1.30. The fourth-order valence-electron chi connectivity index (χ4n) is 1.69. The van der Waals surface area contributed by atoms with Gasteiger partial charge in [-0.25, -0.2) is 4.79 Å². The Bertz CT molecular complexity index is 445. The second kappa shape index (κ2) is 7.53. The van der Waals surface area contributed by atoms with Crippen LogP contribution < -0.4 is 5.32 Å². The summed E-state index contributed by atoms with van der Waals surface area (Å²) in [5, 5.41) is 11.3. The lowest BCUT2D eigenvalue weighted by molar-refractivity contribution is -0.148. The molecule has 1 unspecified atom stereocenters. The molecule has 0 aliphatic carbocycles. The summed E-state index contributed by atoms with van der Waals surface area (Å²) in [5.41, 5.74) is 2.09. The summed E-state index contributed by atoms with van der Waals surface area (Å²) < 4.78 is 4.73. The predicted octanol–water partition coefficient (Wildman–Crippen LogP) is 1.01. The van der Waals surface area contributed by atoms with E-state index in [4.69, 9.17) is 9.84 Å². The zero-order valence-electron chi connectivity index (χ0n) is 11.2. The van der Waals surface area contributed by atoms with Crippen molar-refractivity contribution in [1.29, 1.82) is 0 Å². The fraction of sp³-hybridized carbons (Fsp3) is 0.429. The first-order valence-electron chi connectivity index (χ1n) is 6.17. The highest BCUT2D eigenvalue weighted by molar-refractivity contribution is 5.80. The number of hydrogen-bond donors (Lipinski definition) is 2. The minimum atomic E-state index is -1.09. The standard InChI is InChI=1S/C14H19NO4/c1-3-10-5-4-6-11(7-10)8-13(16)15-9-12(19-2)14(17)18/h4-7,12H,3,8-9H2,1-2H3,(H,15,16)(H,17,18). The third kappa shape index (κ3) is 5.09. The van der Waals surface area contributed by atoms with Crippen LogP contribution in [0, 0.1) is 0 Å². The van der Waals surface area contributed by atoms with Gasteiger partial charge in [-0.1, -0.05) is 31.2 Å². The van der Waals surface area contributed by atoms with Crippen molar-refractivity contribution in [1.82, 2.24) is 5.32 Å². The van der Waals surface area contributed by atoms with Crippen LogP contribution in [-0.4, -0.2) is 36.7 Å². The minimum absolute atomic E-state index is 0.0296. The maximum Gasteiger partial charge on any atom is 0.334 e. The van der Waals surface area contributed by atoms with Crippen LogP contribution in [0.3, 0.4) is 0 Å². The molecular weight excluding hydrogens is 246 g/mol. The fourth-order valence-corrected chi connectivity index (χ4v) is 1.69. The Labute approximate surface area is 112 Å². The Morgan fingerprint density at radius 3 is 2.63 bits per heavy atom. The molecule has 0 spiro atoms. The van der Waals surface area contributed by atoms with E-state index in [1.807, 2.05) is 24.3 Å². The number of hydrogen-bond acceptors (Lipinski definition) is 3. The van der Waals surface area contributed by atoms with Gasteiger partial charge in [-0.05, 0) is 17.5 Å². The molecule has 0 saturated heterocycles. The topological polar surface area (TPSA) is 75.6 Å². The number of ether oxygens (including phenoxy) is 1. The minimum Gasteiger partial charge on any atom is -0.479 e. The first-order valence-corrected chi connectivity index (χ1v) is 6.17. The van der Waals surface area contributed by atoms with Crippen LogP contribution in [-0.2, 0) is 27.2 Å². The van der Waals surface area contributed by atoms with E-state index in [1.165, 1.54) is 12.7 Å². The van der Waals surface area contributed by atoms with Crippen molar-refractivity contribution in [3.05, 3.63) is 35.4 Å². The number of amides is 1. The summed E-state index contributed by atoms with van der Waals surface area (Å²) in [6.45, 7) is 2.02. The highest BCUT2D eigenvalue weighted by Crippen LogP contribution is 2.06. The molecule has 0 aromatic heterocycles. The Balaban J connectivity index is 2.48. The van der Waals surface area contributed by atoms with Crippen molar-refractivity contribution in [3.8, 4) is 0 Å². The average molecular weight is 265 g/mol. The van der Waals surface area contributed by atoms with Gasteiger partial charge >= 0.3 is 5.97 Å². The molecule has 104 valence electrons. The van der Waals surface area contributed by atoms with Gasteiger partial charge in [0.2, 0.25) is 5.91 Å². The third-order valence-electron chi connectivity index (χ3n) is 2.81. The molecule has 2 N–H and O–H groups in total. The molecule has 1 rings (SSSR count). The van der Waals surface area contributed by atoms with E-state index in [9.17, 15) is 9.59 Å². The summed E-state index contributed by atoms with van der Waals surface area (Å²) in [4.78, 5) is 22.4. The second-order valence-electron chi connectivity index (χ2n) is 4.22. The molecule has 1 amide bonds. The van der Waals surface area contributed by atoms with Crippen molar-refractivity contribution in [3.63, 3.8) is 0 Å². The van der Waals surface area contributed by atoms with Gasteiger partial charge in [0.15, 0.2) is 6.10 Å². The number of aliphatic carboxylic acids is 1. The molecule has 5 nitrogen and oxygen atoms in total. The molecule has 0 fully saturated rings. The lowest BCUT2D eigenvalue weighted by Crippen LogP contribution is -2.38. The van der Waals surface area contributed by atoms with Crippen LogP contribution >= 0.6 is 0 Å². The van der Waals surface area contributed by atoms with Crippen molar-refractivity contribution < 1.29 is 19.4 Å². The maximum absolute atomic E-state index is 11.7. The van der Waals surface area contributed by atoms with Crippen LogP contribution in [0.1, 0.15) is 18.1 Å². The molecule has 1 aromatic rings. The van der Waals surface area contributed by atoms with E-state index < -0.39 is 12.1 Å². The van der Waals surface area contributed by atoms with Crippen LogP contribution in [0.2, 0.25) is 0 Å². The first-order chi connectivity index (χ1) is 9.06. The van der Waals surface area contributed by atoms with Crippen LogP contribution in [0.5, 0.6) is 0 Å². The van der Waals surface area contributed by atoms with Gasteiger partial charge < -0.3 is 15.2 Å². The summed E-state index contributed by atoms with van der Waals surface area (Å²) in [6.07, 6.45) is 0.148. The number of benzene rings is 1. The van der Waals surface area contributed by atoms with Crippen molar-refractivity contribution in [2.45, 2.75) is 25.9 Å². The van der Waals surface area contributed by atoms with Gasteiger partial charge in [-0.15, -0.1) is 0 Å². The normalized spacial score (nSPS) is 11.9. The van der Waals surface area contributed by atoms with Gasteiger partial charge in [-0.2, -0.15) is 0 Å². The van der Waals surface area contributed by atoms with Crippen molar-refractivity contribution in [2.24, 2.45) is 0 Å². The number of rotatable bonds is 7. The van der Waals surface area contributed by atoms with E-state index in [0.29, 0.717) is 0 Å². The maximum atomic E-state index is 11.7. The predicted molar refractivity (Wildman–Crippen MR) is 71.0 cm³/mol. The Morgan fingerprint density at radius 2 is 2.05 bits per heavy atom. The number of carbonyl (C=O) groups is 2. The Morgan fingerprint density at radius 1 is 1.37 bits per heavy atom. The zero-order chi connectivity index (χ0) is 14.3. The lowest BCUT2D eigenvalue weighted by atomic mass is 10.1. The van der Waals surface area contributed by atoms with E-state index in [1.54, 1.807) is 0 Å². The molecule has 0 heterocycles. The second-order valence-corrected chi connectivity index (χ2v) is 4.22. The Hall–Kier alpha value is -1.88. The zero-order valence-corrected chi connectivity index (χ0v) is 11.2. The molecule has 1 aromatic carbocycles. The van der Waals surface area contributed by atoms with Gasteiger partial charge in [-0.3, -0.25) is 4.79 Å². The smallest absolute Gasteiger partial charge is 0.334 e. The highest BCUT2D eigenvalue weighted by atomic mass is 16.5. The third-order valence-corrected chi connectivity index (χ3v) is 2.81. The van der Waals surface area contributed by atoms with E-state index in [-0.39, 0.29) is 18.9 Å². The van der Waals surface area contributed by atoms with Gasteiger partial charge in [0.05, 0.1) is 13.0 Å². The summed E-state index contributed by atoms with van der Waals surface area (Å²) in [5.74, 6) is -1.30. The van der Waals surface area contributed by atoms with Crippen LogP contribution in [0.4, 0.5) is 0 Å². The molecule has 0 bridgehead atoms. The van der Waals surface area contributed by atoms with Gasteiger partial charge in [0.1, 0.15) is 0 Å². The van der Waals surface area contributed by atoms with Gasteiger partial charge in [0, 0.05) is 7.11 Å². The van der Waals surface area contributed by atoms with Gasteiger partial charge in [0.25, 0.3) is 0 Å². The number of methoxy groups -OCH3 is 1. The van der Waals surface area contributed by atoms with E-state index in [0.717, 1.165) is 12.0 Å². The Kier molecular flexibility index (Phi) is 6.02. The van der Waals surface area contributed by atoms with Crippen LogP contribution in [0.15, 0.2) is 24.3 Å². The molecule has 0 aliphatic rings. The number of aryl methyl sites for hydroxylation is 1. The monoisotopic (exact) mass is 265 g/mol. The highest BCUT2D eigenvalue weighted by Gasteiger charge is 2.17. The molecule has 0 radical (unpaired) electrons. The molecule has 5 heteroatoms. The van der Waals surface area contributed by atoms with Crippen molar-refractivity contribution in [2.75, 3.05) is 13.7 Å². The molecule has 19 heavy (non-hydrogen) atoms. The van der Waals surface area contributed by atoms with E-state index in [2.05, 4.69) is 12.2 Å². The number of carbonyl (C=O) groups excluding carboxylic acids is 1. The number of carboxylic acid groups (broad SMARTS) is 1. The average Bonchev–Trinajstić information content (AvgIpc) is 2.39. The SMILES string of the molecule is CCc1cccc(CC(=O)NCC(OC)C(=O)O)c1. The molecular formula is C14H19NO4. The summed E-state index contributed by atoms with van der Waals surface area (Å²) >= 11 is 0. The van der Waals surface area contributed by atoms with Crippen molar-refractivity contribution >= 4 is 11.9 Å². The quantitative estimate of drug-likeness (QED) is 0.771. The largest absolute Gasteiger partial charge is 0.479 e. The van der Waals surface area contributed by atoms with E-state index >= 15 is 0 Å². The van der Waals surface area contributed by atoms with Crippen LogP contribution in [0.25, 0.3) is 0 Å². The molecule has 1 atom stereocenters. The number of carboxylic acids is 1.